The summed E-state index contributed by atoms with van der Waals surface area (Å²) >= 11 is 0. The van der Waals surface area contributed by atoms with Gasteiger partial charge >= 0.3 is 0 Å². The number of ether oxygens (including phenoxy) is 1. The van der Waals surface area contributed by atoms with Gasteiger partial charge in [0.15, 0.2) is 0 Å². The van der Waals surface area contributed by atoms with Gasteiger partial charge in [0.1, 0.15) is 0 Å². The normalized spacial score (nSPS) is 18.0. The van der Waals surface area contributed by atoms with Gasteiger partial charge in [0.05, 0.1) is 13.2 Å². The van der Waals surface area contributed by atoms with E-state index in [4.69, 9.17) is 4.74 Å². The van der Waals surface area contributed by atoms with Crippen LogP contribution in [0.1, 0.15) is 0 Å². The standard InChI is InChI=1S/C4H9NO.2ClH/c1-3-6-4-2-5-1;;/h5H,1-4H2;2*1H. The summed E-state index contributed by atoms with van der Waals surface area (Å²) in [5.41, 5.74) is 0. The molecule has 0 saturated carbocycles. The van der Waals surface area contributed by atoms with Gasteiger partial charge in [-0.2, -0.15) is 0 Å². The van der Waals surface area contributed by atoms with Crippen molar-refractivity contribution in [1.29, 1.82) is 0 Å². The third-order valence-electron chi connectivity index (χ3n) is 0.846. The zero-order valence-electron chi connectivity index (χ0n) is 4.55. The lowest BCUT2D eigenvalue weighted by atomic mass is 10.5. The van der Waals surface area contributed by atoms with Gasteiger partial charge in [-0.25, -0.2) is 0 Å². The zero-order chi connectivity index (χ0) is 4.24. The highest BCUT2D eigenvalue weighted by Crippen LogP contribution is 1.76. The number of halogens is 2. The van der Waals surface area contributed by atoms with Crippen LogP contribution in [0.5, 0.6) is 0 Å². The molecule has 0 aromatic rings. The van der Waals surface area contributed by atoms with E-state index >= 15 is 0 Å². The van der Waals surface area contributed by atoms with Crippen LogP contribution in [-0.2, 0) is 4.74 Å². The molecule has 0 radical (unpaired) electrons. The van der Waals surface area contributed by atoms with Crippen LogP contribution in [0, 0.1) is 0 Å². The minimum Gasteiger partial charge on any atom is -0.379 e. The maximum absolute atomic E-state index is 5.01. The monoisotopic (exact) mass is 159 g/mol. The summed E-state index contributed by atoms with van der Waals surface area (Å²) in [7, 11) is 0. The average Bonchev–Trinajstić information content (AvgIpc) is 1.72. The Labute approximate surface area is 61.8 Å². The van der Waals surface area contributed by atoms with E-state index in [0.29, 0.717) is 0 Å². The maximum Gasteiger partial charge on any atom is 0.0591 e. The molecule has 0 bridgehead atoms. The second kappa shape index (κ2) is 7.50. The van der Waals surface area contributed by atoms with Gasteiger partial charge in [0.25, 0.3) is 0 Å². The predicted octanol–water partition coefficient (Wildman–Crippen LogP) is 0.450. The van der Waals surface area contributed by atoms with Gasteiger partial charge in [0, 0.05) is 13.1 Å². The highest BCUT2D eigenvalue weighted by molar-refractivity contribution is 5.85. The fourth-order valence-corrected chi connectivity index (χ4v) is 0.516. The zero-order valence-corrected chi connectivity index (χ0v) is 6.19. The summed E-state index contributed by atoms with van der Waals surface area (Å²) < 4.78 is 5.01. The quantitative estimate of drug-likeness (QED) is 0.555. The lowest BCUT2D eigenvalue weighted by molar-refractivity contribution is 0.109. The van der Waals surface area contributed by atoms with Crippen molar-refractivity contribution in [1.82, 2.24) is 5.32 Å². The first kappa shape index (κ1) is 11.3. The number of hydrogen-bond acceptors (Lipinski definition) is 2. The van der Waals surface area contributed by atoms with Crippen LogP contribution in [0.4, 0.5) is 0 Å². The molecule has 0 aromatic heterocycles. The van der Waals surface area contributed by atoms with Crippen LogP contribution in [0.15, 0.2) is 0 Å². The topological polar surface area (TPSA) is 21.3 Å². The first-order chi connectivity index (χ1) is 3.00. The molecule has 0 unspecified atom stereocenters. The molecular weight excluding hydrogens is 149 g/mol. The Balaban J connectivity index is 0. The van der Waals surface area contributed by atoms with Gasteiger partial charge in [-0.1, -0.05) is 0 Å². The number of hydrogen-bond donors (Lipinski definition) is 1. The summed E-state index contributed by atoms with van der Waals surface area (Å²) in [6, 6.07) is 0. The number of rotatable bonds is 0. The molecule has 1 fully saturated rings. The van der Waals surface area contributed by atoms with E-state index in [9.17, 15) is 0 Å². The highest BCUT2D eigenvalue weighted by atomic mass is 35.5. The van der Waals surface area contributed by atoms with Crippen molar-refractivity contribution in [2.24, 2.45) is 0 Å². The van der Waals surface area contributed by atoms with E-state index in [1.54, 1.807) is 0 Å². The summed E-state index contributed by atoms with van der Waals surface area (Å²) in [5, 5.41) is 3.16. The molecule has 1 rings (SSSR count). The maximum atomic E-state index is 5.01. The Morgan fingerprint density at radius 3 is 1.62 bits per heavy atom. The SMILES string of the molecule is C1COCCN1.Cl.Cl. The van der Waals surface area contributed by atoms with Crippen molar-refractivity contribution in [2.75, 3.05) is 26.3 Å². The second-order valence-electron chi connectivity index (χ2n) is 1.36. The van der Waals surface area contributed by atoms with Gasteiger partial charge in [-0.05, 0) is 0 Å². The van der Waals surface area contributed by atoms with Gasteiger partial charge in [-0.3, -0.25) is 0 Å². The molecule has 1 aliphatic rings. The molecule has 0 aromatic carbocycles. The van der Waals surface area contributed by atoms with E-state index < -0.39 is 0 Å². The molecule has 1 heterocycles. The lowest BCUT2D eigenvalue weighted by Crippen LogP contribution is -2.30. The summed E-state index contributed by atoms with van der Waals surface area (Å²) in [6.07, 6.45) is 0. The van der Waals surface area contributed by atoms with Crippen molar-refractivity contribution < 1.29 is 4.74 Å². The molecule has 0 amide bonds. The summed E-state index contributed by atoms with van der Waals surface area (Å²) in [5.74, 6) is 0. The molecule has 0 aliphatic carbocycles. The van der Waals surface area contributed by atoms with Crippen molar-refractivity contribution in [3.63, 3.8) is 0 Å². The molecular formula is C4H11Cl2NO. The number of nitrogens with one attached hydrogen (secondary N) is 1. The third-order valence-corrected chi connectivity index (χ3v) is 0.846. The molecule has 0 atom stereocenters. The summed E-state index contributed by atoms with van der Waals surface area (Å²) in [6.45, 7) is 3.83. The van der Waals surface area contributed by atoms with Crippen LogP contribution >= 0.6 is 24.8 Å². The minimum atomic E-state index is 0. The van der Waals surface area contributed by atoms with Crippen molar-refractivity contribution in [3.8, 4) is 0 Å². The van der Waals surface area contributed by atoms with Crippen molar-refractivity contribution >= 4 is 24.8 Å². The molecule has 1 N–H and O–H groups in total. The van der Waals surface area contributed by atoms with Crippen LogP contribution in [0.3, 0.4) is 0 Å². The Morgan fingerprint density at radius 2 is 1.50 bits per heavy atom. The number of morpholine rings is 1. The molecule has 0 spiro atoms. The van der Waals surface area contributed by atoms with E-state index in [0.717, 1.165) is 26.3 Å². The van der Waals surface area contributed by atoms with Crippen molar-refractivity contribution in [3.05, 3.63) is 0 Å². The Bertz CT molecular complexity index is 29.5. The fourth-order valence-electron chi connectivity index (χ4n) is 0.516. The van der Waals surface area contributed by atoms with Gasteiger partial charge in [-0.15, -0.1) is 24.8 Å². The largest absolute Gasteiger partial charge is 0.379 e. The first-order valence-electron chi connectivity index (χ1n) is 2.28. The summed E-state index contributed by atoms with van der Waals surface area (Å²) in [4.78, 5) is 0. The lowest BCUT2D eigenvalue weighted by Gasteiger charge is -2.10. The van der Waals surface area contributed by atoms with E-state index in [-0.39, 0.29) is 24.8 Å². The van der Waals surface area contributed by atoms with Crippen LogP contribution in [0.2, 0.25) is 0 Å². The highest BCUT2D eigenvalue weighted by Gasteiger charge is 1.92. The van der Waals surface area contributed by atoms with Crippen molar-refractivity contribution in [2.45, 2.75) is 0 Å². The van der Waals surface area contributed by atoms with Crippen LogP contribution in [-0.4, -0.2) is 26.3 Å². The average molecular weight is 160 g/mol. The minimum absolute atomic E-state index is 0. The third kappa shape index (κ3) is 4.65. The molecule has 2 nitrogen and oxygen atoms in total. The molecule has 1 saturated heterocycles. The Kier molecular flexibility index (Phi) is 10.6. The smallest absolute Gasteiger partial charge is 0.0591 e. The molecule has 4 heteroatoms. The van der Waals surface area contributed by atoms with Crippen LogP contribution < -0.4 is 5.32 Å². The predicted molar refractivity (Wildman–Crippen MR) is 38.2 cm³/mol. The molecule has 52 valence electrons. The molecule has 1 aliphatic heterocycles. The van der Waals surface area contributed by atoms with E-state index in [2.05, 4.69) is 5.32 Å². The van der Waals surface area contributed by atoms with E-state index in [1.165, 1.54) is 0 Å². The van der Waals surface area contributed by atoms with Gasteiger partial charge < -0.3 is 10.1 Å². The fraction of sp³-hybridized carbons (Fsp3) is 1.00. The Hall–Kier alpha value is 0.500. The first-order valence-corrected chi connectivity index (χ1v) is 2.28. The molecule has 8 heavy (non-hydrogen) atoms. The van der Waals surface area contributed by atoms with Gasteiger partial charge in [0.2, 0.25) is 0 Å². The Morgan fingerprint density at radius 1 is 1.00 bits per heavy atom. The van der Waals surface area contributed by atoms with Crippen LogP contribution in [0.25, 0.3) is 0 Å². The second-order valence-corrected chi connectivity index (χ2v) is 1.36. The van der Waals surface area contributed by atoms with E-state index in [1.807, 2.05) is 0 Å².